The molecule has 35 heavy (non-hydrogen) atoms. The first kappa shape index (κ1) is 24.1. The third-order valence-electron chi connectivity index (χ3n) is 6.14. The fourth-order valence-corrected chi connectivity index (χ4v) is 4.38. The summed E-state index contributed by atoms with van der Waals surface area (Å²) in [7, 11) is 1.58. The second-order valence-electron chi connectivity index (χ2n) is 8.56. The van der Waals surface area contributed by atoms with Crippen molar-refractivity contribution in [3.8, 4) is 11.5 Å². The number of aliphatic hydroxyl groups excluding tert-OH is 1. The molecule has 1 aliphatic heterocycles. The Balaban J connectivity index is 1.90. The Morgan fingerprint density at radius 1 is 0.971 bits per heavy atom. The highest BCUT2D eigenvalue weighted by Crippen LogP contribution is 2.43. The Labute approximate surface area is 205 Å². The summed E-state index contributed by atoms with van der Waals surface area (Å²) < 4.78 is 11.1. The van der Waals surface area contributed by atoms with Crippen LogP contribution in [0, 0.1) is 13.8 Å². The van der Waals surface area contributed by atoms with Gasteiger partial charge in [0.2, 0.25) is 0 Å². The van der Waals surface area contributed by atoms with Crippen molar-refractivity contribution in [2.45, 2.75) is 33.2 Å². The lowest BCUT2D eigenvalue weighted by molar-refractivity contribution is -0.132. The number of benzene rings is 3. The Bertz CT molecular complexity index is 1280. The average Bonchev–Trinajstić information content (AvgIpc) is 3.14. The van der Waals surface area contributed by atoms with Crippen LogP contribution in [0.25, 0.3) is 5.76 Å². The third-order valence-corrected chi connectivity index (χ3v) is 6.14. The van der Waals surface area contributed by atoms with Crippen molar-refractivity contribution >= 4 is 23.1 Å². The molecule has 1 unspecified atom stereocenters. The number of hydrogen-bond donors (Lipinski definition) is 1. The first-order valence-corrected chi connectivity index (χ1v) is 11.6. The normalized spacial score (nSPS) is 17.0. The first-order chi connectivity index (χ1) is 16.9. The van der Waals surface area contributed by atoms with Crippen LogP contribution in [0.3, 0.4) is 0 Å². The van der Waals surface area contributed by atoms with Gasteiger partial charge < -0.3 is 14.6 Å². The summed E-state index contributed by atoms with van der Waals surface area (Å²) in [6.07, 6.45) is 0.885. The molecule has 0 bridgehead atoms. The van der Waals surface area contributed by atoms with Crippen LogP contribution in [-0.2, 0) is 9.59 Å². The molecule has 0 spiro atoms. The summed E-state index contributed by atoms with van der Waals surface area (Å²) in [4.78, 5) is 28.1. The monoisotopic (exact) mass is 471 g/mol. The molecule has 3 aromatic carbocycles. The van der Waals surface area contributed by atoms with Crippen molar-refractivity contribution in [2.75, 3.05) is 18.6 Å². The standard InChI is InChI=1S/C29H29NO5/c1-5-15-35-22-13-11-20(12-14-22)26-25(27(31)23-16-19(3)24(34-4)17-18(23)2)28(32)29(33)30(26)21-9-7-6-8-10-21/h6-14,16-17,26,31H,5,15H2,1-4H3/b27-25+. The number of methoxy groups -OCH3 is 1. The topological polar surface area (TPSA) is 76.1 Å². The van der Waals surface area contributed by atoms with Crippen LogP contribution < -0.4 is 14.4 Å². The van der Waals surface area contributed by atoms with E-state index in [1.54, 1.807) is 25.3 Å². The minimum Gasteiger partial charge on any atom is -0.507 e. The molecule has 0 radical (unpaired) electrons. The van der Waals surface area contributed by atoms with Gasteiger partial charge >= 0.3 is 0 Å². The van der Waals surface area contributed by atoms with Gasteiger partial charge in [0, 0.05) is 11.3 Å². The number of nitrogens with zero attached hydrogens (tertiary/aromatic N) is 1. The Hall–Kier alpha value is -4.06. The number of para-hydroxylation sites is 1. The van der Waals surface area contributed by atoms with E-state index in [0.29, 0.717) is 34.9 Å². The first-order valence-electron chi connectivity index (χ1n) is 11.6. The zero-order valence-electron chi connectivity index (χ0n) is 20.4. The number of Topliss-reactive ketones (excluding diaryl/α,β-unsaturated/α-hetero) is 1. The number of carbonyl (C=O) groups excluding carboxylic acids is 2. The number of ketones is 1. The van der Waals surface area contributed by atoms with Gasteiger partial charge in [-0.3, -0.25) is 14.5 Å². The highest BCUT2D eigenvalue weighted by molar-refractivity contribution is 6.51. The molecular formula is C29H29NO5. The number of amides is 1. The fraction of sp³-hybridized carbons (Fsp3) is 0.241. The minimum atomic E-state index is -0.792. The van der Waals surface area contributed by atoms with Crippen LogP contribution in [0.5, 0.6) is 11.5 Å². The Morgan fingerprint density at radius 3 is 2.29 bits per heavy atom. The van der Waals surface area contributed by atoms with Crippen molar-refractivity contribution in [3.63, 3.8) is 0 Å². The molecule has 1 aliphatic rings. The minimum absolute atomic E-state index is 0.0498. The summed E-state index contributed by atoms with van der Waals surface area (Å²) in [6, 6.07) is 19.1. The van der Waals surface area contributed by atoms with Gasteiger partial charge in [-0.1, -0.05) is 37.3 Å². The van der Waals surface area contributed by atoms with E-state index in [2.05, 4.69) is 0 Å². The third kappa shape index (κ3) is 4.52. The van der Waals surface area contributed by atoms with Crippen molar-refractivity contribution in [3.05, 3.63) is 94.6 Å². The summed E-state index contributed by atoms with van der Waals surface area (Å²) in [5.74, 6) is -0.231. The van der Waals surface area contributed by atoms with Gasteiger partial charge in [-0.15, -0.1) is 0 Å². The lowest BCUT2D eigenvalue weighted by Crippen LogP contribution is -2.29. The highest BCUT2D eigenvalue weighted by atomic mass is 16.5. The highest BCUT2D eigenvalue weighted by Gasteiger charge is 2.47. The molecule has 4 rings (SSSR count). The molecule has 3 aromatic rings. The molecule has 1 saturated heterocycles. The van der Waals surface area contributed by atoms with Gasteiger partial charge in [-0.05, 0) is 73.4 Å². The van der Waals surface area contributed by atoms with Crippen LogP contribution in [0.15, 0.2) is 72.3 Å². The van der Waals surface area contributed by atoms with E-state index < -0.39 is 17.7 Å². The van der Waals surface area contributed by atoms with Gasteiger partial charge in [-0.25, -0.2) is 0 Å². The van der Waals surface area contributed by atoms with Crippen molar-refractivity contribution in [1.29, 1.82) is 0 Å². The second kappa shape index (κ2) is 10.1. The lowest BCUT2D eigenvalue weighted by Gasteiger charge is -2.25. The van der Waals surface area contributed by atoms with Crippen molar-refractivity contribution in [2.24, 2.45) is 0 Å². The van der Waals surface area contributed by atoms with Crippen LogP contribution in [0.4, 0.5) is 5.69 Å². The molecule has 1 amide bonds. The molecule has 6 nitrogen and oxygen atoms in total. The van der Waals surface area contributed by atoms with Crippen molar-refractivity contribution in [1.82, 2.24) is 0 Å². The van der Waals surface area contributed by atoms with Gasteiger partial charge in [0.15, 0.2) is 0 Å². The van der Waals surface area contributed by atoms with Gasteiger partial charge in [0.05, 0.1) is 25.3 Å². The van der Waals surface area contributed by atoms with E-state index in [1.165, 1.54) is 4.90 Å². The summed E-state index contributed by atoms with van der Waals surface area (Å²) in [6.45, 7) is 6.33. The Kier molecular flexibility index (Phi) is 6.92. The van der Waals surface area contributed by atoms with E-state index in [4.69, 9.17) is 9.47 Å². The predicted octanol–water partition coefficient (Wildman–Crippen LogP) is 5.73. The molecule has 1 atom stereocenters. The van der Waals surface area contributed by atoms with E-state index in [-0.39, 0.29) is 11.3 Å². The summed E-state index contributed by atoms with van der Waals surface area (Å²) in [5, 5.41) is 11.5. The van der Waals surface area contributed by atoms with Gasteiger partial charge in [0.25, 0.3) is 11.7 Å². The molecule has 1 fully saturated rings. The van der Waals surface area contributed by atoms with Gasteiger partial charge in [0.1, 0.15) is 17.3 Å². The average molecular weight is 472 g/mol. The number of anilines is 1. The molecule has 180 valence electrons. The maximum absolute atomic E-state index is 13.4. The zero-order chi connectivity index (χ0) is 25.1. The number of carbonyl (C=O) groups is 2. The lowest BCUT2D eigenvalue weighted by atomic mass is 9.93. The van der Waals surface area contributed by atoms with Crippen LogP contribution >= 0.6 is 0 Å². The van der Waals surface area contributed by atoms with E-state index in [1.807, 2.05) is 69.3 Å². The maximum Gasteiger partial charge on any atom is 0.300 e. The fourth-order valence-electron chi connectivity index (χ4n) is 4.38. The van der Waals surface area contributed by atoms with Crippen LogP contribution in [-0.4, -0.2) is 30.5 Å². The molecule has 0 aromatic heterocycles. The van der Waals surface area contributed by atoms with Crippen LogP contribution in [0.1, 0.15) is 41.6 Å². The zero-order valence-corrected chi connectivity index (χ0v) is 20.4. The molecule has 6 heteroatoms. The number of rotatable bonds is 7. The van der Waals surface area contributed by atoms with Gasteiger partial charge in [-0.2, -0.15) is 0 Å². The number of hydrogen-bond acceptors (Lipinski definition) is 5. The SMILES string of the molecule is CCCOc1ccc(C2/C(=C(\O)c3cc(C)c(OC)cc3C)C(=O)C(=O)N2c2ccccc2)cc1. The molecule has 0 aliphatic carbocycles. The van der Waals surface area contributed by atoms with E-state index in [9.17, 15) is 14.7 Å². The maximum atomic E-state index is 13.4. The summed E-state index contributed by atoms with van der Waals surface area (Å²) >= 11 is 0. The number of ether oxygens (including phenoxy) is 2. The largest absolute Gasteiger partial charge is 0.507 e. The number of aryl methyl sites for hydroxylation is 2. The van der Waals surface area contributed by atoms with Crippen molar-refractivity contribution < 1.29 is 24.2 Å². The predicted molar refractivity (Wildman–Crippen MR) is 136 cm³/mol. The number of aliphatic hydroxyl groups is 1. The molecule has 1 heterocycles. The van der Waals surface area contributed by atoms with Crippen LogP contribution in [0.2, 0.25) is 0 Å². The Morgan fingerprint density at radius 2 is 1.66 bits per heavy atom. The quantitative estimate of drug-likeness (QED) is 0.271. The van der Waals surface area contributed by atoms with E-state index in [0.717, 1.165) is 17.5 Å². The summed E-state index contributed by atoms with van der Waals surface area (Å²) in [5.41, 5.74) is 3.36. The molecule has 1 N–H and O–H groups in total. The molecular weight excluding hydrogens is 442 g/mol. The second-order valence-corrected chi connectivity index (χ2v) is 8.56. The van der Waals surface area contributed by atoms with E-state index >= 15 is 0 Å². The smallest absolute Gasteiger partial charge is 0.300 e. The molecule has 0 saturated carbocycles.